The summed E-state index contributed by atoms with van der Waals surface area (Å²) in [4.78, 5) is 22.7. The molecule has 7 nitrogen and oxygen atoms in total. The average Bonchev–Trinajstić information content (AvgIpc) is 3.23. The van der Waals surface area contributed by atoms with Gasteiger partial charge >= 0.3 is 0 Å². The van der Waals surface area contributed by atoms with E-state index in [1.54, 1.807) is 35.2 Å². The fraction of sp³-hybridized carbons (Fsp3) is 0.440. The molecule has 34 heavy (non-hydrogen) atoms. The van der Waals surface area contributed by atoms with E-state index in [1.165, 1.54) is 21.2 Å². The third-order valence-electron chi connectivity index (χ3n) is 6.20. The highest BCUT2D eigenvalue weighted by Gasteiger charge is 2.36. The largest absolute Gasteiger partial charge is 0.308 e. The number of amides is 1. The molecule has 0 N–H and O–H groups in total. The number of likely N-dealkylation sites (N-methyl/N-ethyl adjacent to an activating group) is 1. The standard InChI is InChI=1S/C25H32N4O3S2/c1-18-15-19(2)23-22(16-18)33-25(26-23)29(14-13-27(3)4)24(30)20-9-8-12-28(17-20)34(31,32)21-10-6-5-7-11-21/h5-7,10-11,15-16,20H,8-9,12-14,17H2,1-4H3. The number of rotatable bonds is 7. The fourth-order valence-corrected chi connectivity index (χ4v) is 7.12. The molecule has 2 aromatic carbocycles. The van der Waals surface area contributed by atoms with Gasteiger partial charge in [0.15, 0.2) is 5.13 Å². The molecule has 1 atom stereocenters. The Labute approximate surface area is 206 Å². The molecule has 0 aliphatic carbocycles. The van der Waals surface area contributed by atoms with Crippen molar-refractivity contribution < 1.29 is 13.2 Å². The van der Waals surface area contributed by atoms with Crippen LogP contribution in [0.2, 0.25) is 0 Å². The number of hydrogen-bond donors (Lipinski definition) is 0. The molecule has 1 amide bonds. The normalized spacial score (nSPS) is 17.4. The van der Waals surface area contributed by atoms with E-state index in [0.717, 1.165) is 15.8 Å². The van der Waals surface area contributed by atoms with Crippen LogP contribution in [0.4, 0.5) is 5.13 Å². The van der Waals surface area contributed by atoms with Crippen molar-refractivity contribution in [2.24, 2.45) is 5.92 Å². The minimum atomic E-state index is -3.63. The topological polar surface area (TPSA) is 73.8 Å². The van der Waals surface area contributed by atoms with Crippen molar-refractivity contribution in [1.82, 2.24) is 14.2 Å². The van der Waals surface area contributed by atoms with Gasteiger partial charge in [-0.15, -0.1) is 0 Å². The number of benzene rings is 2. The number of sulfonamides is 1. The molecular weight excluding hydrogens is 468 g/mol. The van der Waals surface area contributed by atoms with Gasteiger partial charge in [0.2, 0.25) is 15.9 Å². The van der Waals surface area contributed by atoms with Crippen LogP contribution in [-0.4, -0.2) is 68.8 Å². The monoisotopic (exact) mass is 500 g/mol. The summed E-state index contributed by atoms with van der Waals surface area (Å²) in [5, 5.41) is 0.679. The van der Waals surface area contributed by atoms with Gasteiger partial charge in [-0.25, -0.2) is 13.4 Å². The molecule has 2 heterocycles. The molecule has 1 unspecified atom stereocenters. The third-order valence-corrected chi connectivity index (χ3v) is 9.11. The summed E-state index contributed by atoms with van der Waals surface area (Å²) >= 11 is 1.52. The number of aryl methyl sites for hydroxylation is 2. The Morgan fingerprint density at radius 1 is 1.15 bits per heavy atom. The highest BCUT2D eigenvalue weighted by Crippen LogP contribution is 2.33. The Kier molecular flexibility index (Phi) is 7.37. The molecule has 0 bridgehead atoms. The molecule has 182 valence electrons. The molecule has 9 heteroatoms. The van der Waals surface area contributed by atoms with Crippen molar-refractivity contribution in [2.75, 3.05) is 45.2 Å². The molecule has 3 aromatic rings. The summed E-state index contributed by atoms with van der Waals surface area (Å²) in [6, 6.07) is 12.7. The van der Waals surface area contributed by atoms with E-state index in [1.807, 2.05) is 25.9 Å². The zero-order valence-electron chi connectivity index (χ0n) is 20.2. The number of carbonyl (C=O) groups is 1. The predicted molar refractivity (Wildman–Crippen MR) is 138 cm³/mol. The first kappa shape index (κ1) is 24.8. The summed E-state index contributed by atoms with van der Waals surface area (Å²) in [5.74, 6) is -0.451. The van der Waals surface area contributed by atoms with Gasteiger partial charge in [-0.1, -0.05) is 35.6 Å². The van der Waals surface area contributed by atoms with Crippen LogP contribution in [0.5, 0.6) is 0 Å². The summed E-state index contributed by atoms with van der Waals surface area (Å²) in [5.41, 5.74) is 3.18. The van der Waals surface area contributed by atoms with Crippen LogP contribution >= 0.6 is 11.3 Å². The van der Waals surface area contributed by atoms with E-state index >= 15 is 0 Å². The second kappa shape index (κ2) is 10.1. The molecule has 4 rings (SSSR count). The van der Waals surface area contributed by atoms with E-state index in [-0.39, 0.29) is 17.3 Å². The molecule has 1 fully saturated rings. The van der Waals surface area contributed by atoms with Crippen LogP contribution in [0.25, 0.3) is 10.2 Å². The van der Waals surface area contributed by atoms with Gasteiger partial charge < -0.3 is 4.90 Å². The summed E-state index contributed by atoms with van der Waals surface area (Å²) in [6.07, 6.45) is 1.32. The Morgan fingerprint density at radius 2 is 1.88 bits per heavy atom. The Bertz CT molecular complexity index is 1270. The van der Waals surface area contributed by atoms with Crippen LogP contribution < -0.4 is 4.90 Å². The van der Waals surface area contributed by atoms with Gasteiger partial charge in [0, 0.05) is 26.2 Å². The van der Waals surface area contributed by atoms with Crippen LogP contribution in [0.3, 0.4) is 0 Å². The number of carbonyl (C=O) groups excluding carboxylic acids is 1. The fourth-order valence-electron chi connectivity index (χ4n) is 4.40. The molecule has 0 saturated carbocycles. The number of nitrogens with zero attached hydrogens (tertiary/aromatic N) is 4. The number of aromatic nitrogens is 1. The smallest absolute Gasteiger partial charge is 0.243 e. The van der Waals surface area contributed by atoms with E-state index in [2.05, 4.69) is 19.1 Å². The molecule has 0 radical (unpaired) electrons. The quantitative estimate of drug-likeness (QED) is 0.492. The van der Waals surface area contributed by atoms with Gasteiger partial charge in [0.1, 0.15) is 0 Å². The number of anilines is 1. The van der Waals surface area contributed by atoms with Crippen molar-refractivity contribution in [2.45, 2.75) is 31.6 Å². The first-order valence-electron chi connectivity index (χ1n) is 11.6. The van der Waals surface area contributed by atoms with Crippen molar-refractivity contribution in [1.29, 1.82) is 0 Å². The van der Waals surface area contributed by atoms with Gasteiger partial charge in [-0.05, 0) is 70.1 Å². The third kappa shape index (κ3) is 5.17. The predicted octanol–water partition coefficient (Wildman–Crippen LogP) is 3.91. The number of hydrogen-bond acceptors (Lipinski definition) is 6. The maximum absolute atomic E-state index is 13.8. The van der Waals surface area contributed by atoms with E-state index in [9.17, 15) is 13.2 Å². The highest BCUT2D eigenvalue weighted by atomic mass is 32.2. The average molecular weight is 501 g/mol. The molecule has 1 aromatic heterocycles. The maximum atomic E-state index is 13.8. The SMILES string of the molecule is Cc1cc(C)c2nc(N(CCN(C)C)C(=O)C3CCCN(S(=O)(=O)c4ccccc4)C3)sc2c1. The second-order valence-corrected chi connectivity index (χ2v) is 12.2. The molecular formula is C25H32N4O3S2. The Balaban J connectivity index is 1.62. The minimum Gasteiger partial charge on any atom is -0.308 e. The van der Waals surface area contributed by atoms with Crippen molar-refractivity contribution in [3.63, 3.8) is 0 Å². The molecule has 1 aliphatic rings. The Morgan fingerprint density at radius 3 is 2.59 bits per heavy atom. The molecule has 1 aliphatic heterocycles. The van der Waals surface area contributed by atoms with Crippen LogP contribution in [-0.2, 0) is 14.8 Å². The number of thiazole rings is 1. The lowest BCUT2D eigenvalue weighted by molar-refractivity contribution is -0.123. The van der Waals surface area contributed by atoms with Crippen molar-refractivity contribution in [3.05, 3.63) is 53.6 Å². The van der Waals surface area contributed by atoms with Gasteiger partial charge in [0.25, 0.3) is 0 Å². The second-order valence-electron chi connectivity index (χ2n) is 9.23. The van der Waals surface area contributed by atoms with Gasteiger partial charge in [-0.2, -0.15) is 4.31 Å². The zero-order chi connectivity index (χ0) is 24.5. The van der Waals surface area contributed by atoms with E-state index < -0.39 is 15.9 Å². The summed E-state index contributed by atoms with van der Waals surface area (Å²) in [7, 11) is 0.317. The lowest BCUT2D eigenvalue weighted by Crippen LogP contribution is -2.48. The zero-order valence-corrected chi connectivity index (χ0v) is 21.8. The van der Waals surface area contributed by atoms with Crippen LogP contribution in [0.15, 0.2) is 47.4 Å². The number of piperidine rings is 1. The summed E-state index contributed by atoms with van der Waals surface area (Å²) in [6.45, 7) is 5.92. The van der Waals surface area contributed by atoms with Gasteiger partial charge in [0.05, 0.1) is 21.0 Å². The van der Waals surface area contributed by atoms with Gasteiger partial charge in [-0.3, -0.25) is 9.69 Å². The maximum Gasteiger partial charge on any atom is 0.243 e. The lowest BCUT2D eigenvalue weighted by Gasteiger charge is -2.34. The molecule has 0 spiro atoms. The van der Waals surface area contributed by atoms with E-state index in [0.29, 0.717) is 37.6 Å². The Hall–Kier alpha value is -2.33. The first-order valence-corrected chi connectivity index (χ1v) is 13.8. The van der Waals surface area contributed by atoms with E-state index in [4.69, 9.17) is 4.98 Å². The lowest BCUT2D eigenvalue weighted by atomic mass is 9.98. The first-order chi connectivity index (χ1) is 16.2. The van der Waals surface area contributed by atoms with Crippen molar-refractivity contribution >= 4 is 42.6 Å². The van der Waals surface area contributed by atoms with Crippen LogP contribution in [0, 0.1) is 19.8 Å². The minimum absolute atomic E-state index is 0.0526. The van der Waals surface area contributed by atoms with Crippen molar-refractivity contribution in [3.8, 4) is 0 Å². The molecule has 1 saturated heterocycles. The van der Waals surface area contributed by atoms with Crippen LogP contribution in [0.1, 0.15) is 24.0 Å². The highest BCUT2D eigenvalue weighted by molar-refractivity contribution is 7.89. The summed E-state index contributed by atoms with van der Waals surface area (Å²) < 4.78 is 28.9. The number of fused-ring (bicyclic) bond motifs is 1.